The Labute approximate surface area is 114 Å². The Kier molecular flexibility index (Phi) is 2.16. The number of carbonyl (C=O) groups excluding carboxylic acids is 1. The van der Waals surface area contributed by atoms with Crippen LogP contribution in [0.2, 0.25) is 0 Å². The van der Waals surface area contributed by atoms with Crippen LogP contribution >= 0.6 is 11.3 Å². The van der Waals surface area contributed by atoms with Gasteiger partial charge in [-0.3, -0.25) is 9.20 Å². The van der Waals surface area contributed by atoms with Gasteiger partial charge < -0.3 is 0 Å². The topological polar surface area (TPSA) is 34.4 Å². The number of hydrogen-bond acceptors (Lipinski definition) is 3. The molecular weight excluding hydrogens is 256 g/mol. The van der Waals surface area contributed by atoms with Crippen molar-refractivity contribution in [2.24, 2.45) is 5.92 Å². The lowest BCUT2D eigenvalue weighted by Gasteiger charge is -1.99. The number of aryl methyl sites for hydroxylation is 2. The van der Waals surface area contributed by atoms with Gasteiger partial charge in [-0.2, -0.15) is 0 Å². The normalized spacial score (nSPS) is 15.5. The first-order valence-electron chi connectivity index (χ1n) is 6.56. The fraction of sp³-hybridized carbons (Fsp3) is 0.333. The molecule has 1 saturated carbocycles. The monoisotopic (exact) mass is 270 g/mol. The standard InChI is InChI=1S/C15H14N2OS/c1-8-5-12-13(6-9(8)2)19-15-16-11(7-17(12)15)14(18)10-3-4-10/h5-7,10H,3-4H2,1-2H3. The van der Waals surface area contributed by atoms with Gasteiger partial charge in [0.1, 0.15) is 5.69 Å². The van der Waals surface area contributed by atoms with Crippen molar-refractivity contribution in [2.75, 3.05) is 0 Å². The maximum Gasteiger partial charge on any atom is 0.195 e. The Hall–Kier alpha value is -1.68. The summed E-state index contributed by atoms with van der Waals surface area (Å²) in [5, 5.41) is 0. The first kappa shape index (κ1) is 11.2. The van der Waals surface area contributed by atoms with E-state index < -0.39 is 0 Å². The SMILES string of the molecule is Cc1cc2sc3nc(C(=O)C4CC4)cn3c2cc1C. The minimum absolute atomic E-state index is 0.216. The number of fused-ring (bicyclic) bond motifs is 3. The number of rotatable bonds is 2. The molecule has 4 heteroatoms. The number of imidazole rings is 1. The van der Waals surface area contributed by atoms with Crippen LogP contribution in [0.4, 0.5) is 0 Å². The molecule has 0 saturated heterocycles. The second-order valence-electron chi connectivity index (χ2n) is 5.42. The zero-order valence-corrected chi connectivity index (χ0v) is 11.8. The summed E-state index contributed by atoms with van der Waals surface area (Å²) in [5.41, 5.74) is 4.36. The van der Waals surface area contributed by atoms with E-state index in [0.717, 1.165) is 23.3 Å². The molecule has 1 fully saturated rings. The minimum Gasteiger partial charge on any atom is -0.292 e. The molecule has 19 heavy (non-hydrogen) atoms. The second-order valence-corrected chi connectivity index (χ2v) is 6.43. The van der Waals surface area contributed by atoms with Gasteiger partial charge >= 0.3 is 0 Å². The van der Waals surface area contributed by atoms with E-state index in [-0.39, 0.29) is 11.7 Å². The Morgan fingerprint density at radius 2 is 2.05 bits per heavy atom. The minimum atomic E-state index is 0.216. The molecule has 0 bridgehead atoms. The maximum absolute atomic E-state index is 12.1. The predicted molar refractivity (Wildman–Crippen MR) is 77.1 cm³/mol. The number of ketones is 1. The molecule has 1 aromatic carbocycles. The lowest BCUT2D eigenvalue weighted by Crippen LogP contribution is -2.00. The van der Waals surface area contributed by atoms with Crippen LogP contribution in [0.3, 0.4) is 0 Å². The summed E-state index contributed by atoms with van der Waals surface area (Å²) >= 11 is 1.65. The van der Waals surface area contributed by atoms with Crippen molar-refractivity contribution in [2.45, 2.75) is 26.7 Å². The van der Waals surface area contributed by atoms with Crippen molar-refractivity contribution >= 4 is 32.3 Å². The first-order valence-corrected chi connectivity index (χ1v) is 7.38. The van der Waals surface area contributed by atoms with Crippen LogP contribution in [0.15, 0.2) is 18.3 Å². The number of aromatic nitrogens is 2. The number of nitrogens with zero attached hydrogens (tertiary/aromatic N) is 2. The molecule has 96 valence electrons. The van der Waals surface area contributed by atoms with Gasteiger partial charge in [0, 0.05) is 12.1 Å². The molecule has 0 amide bonds. The zero-order valence-electron chi connectivity index (χ0n) is 10.9. The summed E-state index contributed by atoms with van der Waals surface area (Å²) in [7, 11) is 0. The van der Waals surface area contributed by atoms with Crippen molar-refractivity contribution in [3.05, 3.63) is 35.2 Å². The summed E-state index contributed by atoms with van der Waals surface area (Å²) in [4.78, 5) is 17.5. The molecule has 2 aromatic heterocycles. The average molecular weight is 270 g/mol. The van der Waals surface area contributed by atoms with E-state index in [9.17, 15) is 4.79 Å². The molecule has 4 rings (SSSR count). The Balaban J connectivity index is 1.94. The van der Waals surface area contributed by atoms with E-state index in [0.29, 0.717) is 5.69 Å². The summed E-state index contributed by atoms with van der Waals surface area (Å²) in [6.45, 7) is 4.24. The van der Waals surface area contributed by atoms with Crippen LogP contribution in [-0.2, 0) is 0 Å². The number of Topliss-reactive ketones (excluding diaryl/α,β-unsaturated/α-hetero) is 1. The van der Waals surface area contributed by atoms with Crippen LogP contribution in [0.1, 0.15) is 34.5 Å². The molecule has 1 aliphatic carbocycles. The third kappa shape index (κ3) is 1.63. The molecule has 0 radical (unpaired) electrons. The largest absolute Gasteiger partial charge is 0.292 e. The maximum atomic E-state index is 12.1. The molecular formula is C15H14N2OS. The van der Waals surface area contributed by atoms with E-state index in [4.69, 9.17) is 0 Å². The van der Waals surface area contributed by atoms with Crippen LogP contribution in [0.5, 0.6) is 0 Å². The van der Waals surface area contributed by atoms with Crippen LogP contribution < -0.4 is 0 Å². The summed E-state index contributed by atoms with van der Waals surface area (Å²) < 4.78 is 3.29. The van der Waals surface area contributed by atoms with Gasteiger partial charge in [-0.15, -0.1) is 0 Å². The highest BCUT2D eigenvalue weighted by atomic mass is 32.1. The van der Waals surface area contributed by atoms with Gasteiger partial charge in [0.05, 0.1) is 10.2 Å². The summed E-state index contributed by atoms with van der Waals surface area (Å²) in [6, 6.07) is 4.38. The Bertz CT molecular complexity index is 824. The highest BCUT2D eigenvalue weighted by Crippen LogP contribution is 2.34. The van der Waals surface area contributed by atoms with Gasteiger partial charge in [0.25, 0.3) is 0 Å². The fourth-order valence-corrected chi connectivity index (χ4v) is 3.51. The molecule has 0 unspecified atom stereocenters. The van der Waals surface area contributed by atoms with Crippen molar-refractivity contribution in [3.63, 3.8) is 0 Å². The molecule has 0 aliphatic heterocycles. The predicted octanol–water partition coefficient (Wildman–Crippen LogP) is 3.76. The van der Waals surface area contributed by atoms with E-state index >= 15 is 0 Å². The van der Waals surface area contributed by atoms with Crippen LogP contribution in [0.25, 0.3) is 15.2 Å². The van der Waals surface area contributed by atoms with E-state index in [1.54, 1.807) is 11.3 Å². The molecule has 0 N–H and O–H groups in total. The van der Waals surface area contributed by atoms with Gasteiger partial charge in [-0.25, -0.2) is 4.98 Å². The molecule has 2 heterocycles. The van der Waals surface area contributed by atoms with Crippen molar-refractivity contribution in [1.29, 1.82) is 0 Å². The van der Waals surface area contributed by atoms with Crippen molar-refractivity contribution in [1.82, 2.24) is 9.38 Å². The number of thiazole rings is 1. The number of benzene rings is 1. The second kappa shape index (κ2) is 3.67. The highest BCUT2D eigenvalue weighted by molar-refractivity contribution is 7.23. The third-order valence-corrected chi connectivity index (χ3v) is 4.93. The highest BCUT2D eigenvalue weighted by Gasteiger charge is 2.32. The van der Waals surface area contributed by atoms with Gasteiger partial charge in [-0.05, 0) is 49.9 Å². The van der Waals surface area contributed by atoms with Crippen molar-refractivity contribution in [3.8, 4) is 0 Å². The molecule has 3 nitrogen and oxygen atoms in total. The van der Waals surface area contributed by atoms with Gasteiger partial charge in [0.2, 0.25) is 0 Å². The smallest absolute Gasteiger partial charge is 0.195 e. The summed E-state index contributed by atoms with van der Waals surface area (Å²) in [5.74, 6) is 0.452. The lowest BCUT2D eigenvalue weighted by molar-refractivity contribution is 0.0963. The van der Waals surface area contributed by atoms with Gasteiger partial charge in [0.15, 0.2) is 10.7 Å². The van der Waals surface area contributed by atoms with Crippen molar-refractivity contribution < 1.29 is 4.79 Å². The van der Waals surface area contributed by atoms with Crippen LogP contribution in [0, 0.1) is 19.8 Å². The summed E-state index contributed by atoms with van der Waals surface area (Å²) in [6.07, 6.45) is 3.97. The third-order valence-electron chi connectivity index (χ3n) is 3.91. The molecule has 3 aromatic rings. The van der Waals surface area contributed by atoms with Gasteiger partial charge in [-0.1, -0.05) is 11.3 Å². The first-order chi connectivity index (χ1) is 9.13. The van der Waals surface area contributed by atoms with E-state index in [1.165, 1.54) is 15.8 Å². The lowest BCUT2D eigenvalue weighted by atomic mass is 10.1. The number of hydrogen-bond donors (Lipinski definition) is 0. The fourth-order valence-electron chi connectivity index (χ4n) is 2.42. The Morgan fingerprint density at radius 1 is 1.32 bits per heavy atom. The van der Waals surface area contributed by atoms with E-state index in [1.807, 2.05) is 6.20 Å². The number of carbonyl (C=O) groups is 1. The molecule has 0 atom stereocenters. The quantitative estimate of drug-likeness (QED) is 0.664. The molecule has 0 spiro atoms. The zero-order chi connectivity index (χ0) is 13.1. The Morgan fingerprint density at radius 3 is 2.79 bits per heavy atom. The van der Waals surface area contributed by atoms with Crippen LogP contribution in [-0.4, -0.2) is 15.2 Å². The van der Waals surface area contributed by atoms with E-state index in [2.05, 4.69) is 35.4 Å². The molecule has 1 aliphatic rings. The average Bonchev–Trinajstić information content (AvgIpc) is 3.07.